The van der Waals surface area contributed by atoms with E-state index in [2.05, 4.69) is 19.2 Å². The minimum atomic E-state index is -0.739. The summed E-state index contributed by atoms with van der Waals surface area (Å²) in [4.78, 5) is 12.3. The summed E-state index contributed by atoms with van der Waals surface area (Å²) in [5.74, 6) is -0.286. The lowest BCUT2D eigenvalue weighted by Gasteiger charge is -2.23. The lowest BCUT2D eigenvalue weighted by Crippen LogP contribution is -2.46. The van der Waals surface area contributed by atoms with Gasteiger partial charge >= 0.3 is 0 Å². The summed E-state index contributed by atoms with van der Waals surface area (Å²) in [7, 11) is 0. The Balaban J connectivity index is 3.73. The third kappa shape index (κ3) is 23.5. The van der Waals surface area contributed by atoms with Crippen molar-refractivity contribution in [1.29, 1.82) is 0 Å². The molecule has 210 valence electrons. The molecule has 0 aromatic rings. The molecule has 0 radical (unpaired) electrons. The second-order valence-corrected chi connectivity index (χ2v) is 10.7. The van der Waals surface area contributed by atoms with Crippen molar-refractivity contribution in [3.8, 4) is 0 Å². The molecule has 0 aliphatic carbocycles. The molecule has 3 atom stereocenters. The Labute approximate surface area is 217 Å². The fourth-order valence-corrected chi connectivity index (χ4v) is 4.75. The predicted molar refractivity (Wildman–Crippen MR) is 149 cm³/mol. The molecule has 0 aromatic carbocycles. The number of nitrogens with one attached hydrogen (secondary N) is 1. The molecular weight excluding hydrogens is 438 g/mol. The number of unbranched alkanes of at least 4 members (excludes halogenated alkanes) is 18. The van der Waals surface area contributed by atoms with Gasteiger partial charge in [-0.15, -0.1) is 0 Å². The summed E-state index contributed by atoms with van der Waals surface area (Å²) < 4.78 is 0. The second-order valence-electron chi connectivity index (χ2n) is 10.7. The Bertz CT molecular complexity index is 446. The smallest absolute Gasteiger partial charge is 0.222 e. The van der Waals surface area contributed by atoms with E-state index in [0.29, 0.717) is 12.8 Å². The fraction of sp³-hybridized carbons (Fsp3) is 0.967. The first-order valence-corrected chi connectivity index (χ1v) is 15.3. The quantitative estimate of drug-likeness (QED) is 0.0900. The number of amides is 1. The monoisotopic (exact) mass is 499 g/mol. The normalized spacial score (nSPS) is 14.1. The van der Waals surface area contributed by atoms with Gasteiger partial charge in [0.25, 0.3) is 0 Å². The Kier molecular flexibility index (Phi) is 25.9. The van der Waals surface area contributed by atoms with E-state index in [0.717, 1.165) is 25.7 Å². The summed E-state index contributed by atoms with van der Waals surface area (Å²) in [5.41, 5.74) is 0. The maximum Gasteiger partial charge on any atom is 0.222 e. The number of hydrogen-bond acceptors (Lipinski definition) is 4. The zero-order chi connectivity index (χ0) is 26.0. The van der Waals surface area contributed by atoms with Gasteiger partial charge in [0.15, 0.2) is 0 Å². The number of carbonyl (C=O) groups excluding carboxylic acids is 1. The van der Waals surface area contributed by atoms with Gasteiger partial charge in [-0.3, -0.25) is 4.79 Å². The van der Waals surface area contributed by atoms with Crippen LogP contribution in [0.1, 0.15) is 162 Å². The highest BCUT2D eigenvalue weighted by Gasteiger charge is 2.21. The van der Waals surface area contributed by atoms with Crippen molar-refractivity contribution < 1.29 is 20.1 Å². The topological polar surface area (TPSA) is 89.8 Å². The Morgan fingerprint density at radius 2 is 0.971 bits per heavy atom. The van der Waals surface area contributed by atoms with Crippen molar-refractivity contribution in [3.63, 3.8) is 0 Å². The Hall–Kier alpha value is -0.650. The molecule has 5 heteroatoms. The van der Waals surface area contributed by atoms with Crippen molar-refractivity contribution >= 4 is 5.91 Å². The second kappa shape index (κ2) is 26.4. The van der Waals surface area contributed by atoms with Crippen molar-refractivity contribution in [2.45, 2.75) is 180 Å². The first-order chi connectivity index (χ1) is 17.0. The average Bonchev–Trinajstić information content (AvgIpc) is 2.84. The molecule has 0 heterocycles. The first kappa shape index (κ1) is 34.4. The molecule has 4 N–H and O–H groups in total. The van der Waals surface area contributed by atoms with Crippen LogP contribution in [0.25, 0.3) is 0 Å². The lowest BCUT2D eigenvalue weighted by molar-refractivity contribution is -0.125. The van der Waals surface area contributed by atoms with Crippen LogP contribution in [0, 0.1) is 0 Å². The van der Waals surface area contributed by atoms with Gasteiger partial charge in [-0.2, -0.15) is 0 Å². The molecule has 0 spiro atoms. The van der Waals surface area contributed by atoms with Crippen molar-refractivity contribution in [3.05, 3.63) is 0 Å². The highest BCUT2D eigenvalue weighted by molar-refractivity contribution is 5.76. The lowest BCUT2D eigenvalue weighted by atomic mass is 10.0. The highest BCUT2D eigenvalue weighted by atomic mass is 16.3. The van der Waals surface area contributed by atoms with Crippen LogP contribution in [0.3, 0.4) is 0 Å². The third-order valence-corrected chi connectivity index (χ3v) is 7.17. The summed E-state index contributed by atoms with van der Waals surface area (Å²) in [6, 6.07) is -0.647. The summed E-state index contributed by atoms with van der Waals surface area (Å²) in [5, 5.41) is 32.9. The van der Waals surface area contributed by atoms with Gasteiger partial charge in [0, 0.05) is 0 Å². The SMILES string of the molecule is CCCCCCCCCCCCCC(O)CC(=O)NC(CO)C(O)CCCCCCCCCCC. The molecule has 0 bridgehead atoms. The number of rotatable bonds is 27. The number of hydrogen-bond donors (Lipinski definition) is 4. The van der Waals surface area contributed by atoms with E-state index in [1.54, 1.807) is 0 Å². The van der Waals surface area contributed by atoms with E-state index < -0.39 is 18.2 Å². The molecule has 35 heavy (non-hydrogen) atoms. The van der Waals surface area contributed by atoms with Gasteiger partial charge in [-0.1, -0.05) is 142 Å². The van der Waals surface area contributed by atoms with Crippen molar-refractivity contribution in [2.75, 3.05) is 6.61 Å². The highest BCUT2D eigenvalue weighted by Crippen LogP contribution is 2.15. The molecule has 0 saturated heterocycles. The van der Waals surface area contributed by atoms with Crippen LogP contribution >= 0.6 is 0 Å². The van der Waals surface area contributed by atoms with Gasteiger partial charge in [0.2, 0.25) is 5.91 Å². The minimum Gasteiger partial charge on any atom is -0.394 e. The van der Waals surface area contributed by atoms with Crippen LogP contribution in [0.5, 0.6) is 0 Å². The fourth-order valence-electron chi connectivity index (χ4n) is 4.75. The van der Waals surface area contributed by atoms with Crippen LogP contribution in [0.15, 0.2) is 0 Å². The molecule has 0 aliphatic heterocycles. The zero-order valence-electron chi connectivity index (χ0n) is 23.5. The van der Waals surface area contributed by atoms with E-state index in [9.17, 15) is 20.1 Å². The predicted octanol–water partition coefficient (Wildman–Crippen LogP) is 7.20. The molecule has 0 saturated carbocycles. The maximum atomic E-state index is 12.3. The third-order valence-electron chi connectivity index (χ3n) is 7.17. The van der Waals surface area contributed by atoms with Gasteiger partial charge < -0.3 is 20.6 Å². The minimum absolute atomic E-state index is 0.0407. The van der Waals surface area contributed by atoms with Crippen LogP contribution < -0.4 is 5.32 Å². The van der Waals surface area contributed by atoms with Crippen LogP contribution in [-0.2, 0) is 4.79 Å². The number of aliphatic hydroxyl groups excluding tert-OH is 3. The average molecular weight is 500 g/mol. The number of aliphatic hydroxyl groups is 3. The number of carbonyl (C=O) groups is 1. The molecule has 5 nitrogen and oxygen atoms in total. The van der Waals surface area contributed by atoms with Gasteiger partial charge in [-0.05, 0) is 12.8 Å². The Morgan fingerprint density at radius 1 is 0.600 bits per heavy atom. The molecule has 3 unspecified atom stereocenters. The largest absolute Gasteiger partial charge is 0.394 e. The molecule has 0 fully saturated rings. The standard InChI is InChI=1S/C30H61NO4/c1-3-5-7-9-11-13-14-16-17-19-21-23-27(33)25-30(35)31-28(26-32)29(34)24-22-20-18-15-12-10-8-6-4-2/h27-29,32-34H,3-26H2,1-2H3,(H,31,35). The van der Waals surface area contributed by atoms with Crippen LogP contribution in [0.2, 0.25) is 0 Å². The molecule has 1 amide bonds. The van der Waals surface area contributed by atoms with Gasteiger partial charge in [0.05, 0.1) is 31.3 Å². The van der Waals surface area contributed by atoms with E-state index in [4.69, 9.17) is 0 Å². The van der Waals surface area contributed by atoms with E-state index in [1.165, 1.54) is 103 Å². The Morgan fingerprint density at radius 3 is 1.37 bits per heavy atom. The summed E-state index contributed by atoms with van der Waals surface area (Å²) in [6.45, 7) is 4.20. The molecule has 0 rings (SSSR count). The van der Waals surface area contributed by atoms with Crippen LogP contribution in [-0.4, -0.2) is 46.1 Å². The van der Waals surface area contributed by atoms with Gasteiger partial charge in [0.1, 0.15) is 0 Å². The van der Waals surface area contributed by atoms with Crippen molar-refractivity contribution in [1.82, 2.24) is 5.32 Å². The van der Waals surface area contributed by atoms with Crippen LogP contribution in [0.4, 0.5) is 0 Å². The molecular formula is C30H61NO4. The summed E-state index contributed by atoms with van der Waals surface area (Å²) >= 11 is 0. The van der Waals surface area contributed by atoms with Crippen molar-refractivity contribution in [2.24, 2.45) is 0 Å². The maximum absolute atomic E-state index is 12.3. The van der Waals surface area contributed by atoms with E-state index in [-0.39, 0.29) is 18.9 Å². The van der Waals surface area contributed by atoms with Gasteiger partial charge in [-0.25, -0.2) is 0 Å². The van der Waals surface area contributed by atoms with E-state index >= 15 is 0 Å². The summed E-state index contributed by atoms with van der Waals surface area (Å²) in [6.07, 6.45) is 24.8. The van der Waals surface area contributed by atoms with E-state index in [1.807, 2.05) is 0 Å². The zero-order valence-corrected chi connectivity index (χ0v) is 23.5. The first-order valence-electron chi connectivity index (χ1n) is 15.3. The molecule has 0 aromatic heterocycles. The molecule has 0 aliphatic rings.